The fourth-order valence-corrected chi connectivity index (χ4v) is 3.13. The molecule has 1 aliphatic heterocycles. The Labute approximate surface area is 163 Å². The average Bonchev–Trinajstić information content (AvgIpc) is 2.65. The number of pyridine rings is 1. The first-order valence-corrected chi connectivity index (χ1v) is 9.97. The molecule has 2 heterocycles. The van der Waals surface area contributed by atoms with Crippen molar-refractivity contribution in [2.75, 3.05) is 45.1 Å². The molecule has 1 aliphatic rings. The molecule has 150 valence electrons. The molecule has 0 unspecified atom stereocenters. The second-order valence-electron chi connectivity index (χ2n) is 7.27. The molecule has 3 N–H and O–H groups in total. The number of guanidine groups is 1. The second-order valence-corrected chi connectivity index (χ2v) is 7.27. The van der Waals surface area contributed by atoms with Gasteiger partial charge in [-0.25, -0.2) is 4.98 Å². The van der Waals surface area contributed by atoms with E-state index in [0.717, 1.165) is 37.1 Å². The maximum Gasteiger partial charge on any atom is 0.227 e. The number of aromatic nitrogens is 1. The van der Waals surface area contributed by atoms with Crippen LogP contribution in [0.25, 0.3) is 0 Å². The molecule has 1 saturated heterocycles. The molecule has 1 aromatic heterocycles. The molecule has 0 atom stereocenters. The Balaban J connectivity index is 1.56. The summed E-state index contributed by atoms with van der Waals surface area (Å²) in [4.78, 5) is 23.0. The van der Waals surface area contributed by atoms with Crippen molar-refractivity contribution in [3.05, 3.63) is 23.9 Å². The number of aryl methyl sites for hydroxylation is 1. The molecular formula is C20H34N6O. The summed E-state index contributed by atoms with van der Waals surface area (Å²) in [7, 11) is 1.75. The van der Waals surface area contributed by atoms with E-state index in [1.54, 1.807) is 13.1 Å². The van der Waals surface area contributed by atoms with Gasteiger partial charge in [-0.15, -0.1) is 0 Å². The highest BCUT2D eigenvalue weighted by Gasteiger charge is 2.14. The minimum atomic E-state index is -0.0598. The van der Waals surface area contributed by atoms with E-state index >= 15 is 0 Å². The van der Waals surface area contributed by atoms with Crippen LogP contribution >= 0.6 is 0 Å². The maximum absolute atomic E-state index is 12.0. The van der Waals surface area contributed by atoms with Crippen LogP contribution in [0.1, 0.15) is 38.3 Å². The number of likely N-dealkylation sites (tertiary alicyclic amines) is 1. The van der Waals surface area contributed by atoms with Gasteiger partial charge in [-0.1, -0.05) is 13.0 Å². The molecule has 0 aliphatic carbocycles. The number of piperidine rings is 1. The lowest BCUT2D eigenvalue weighted by Gasteiger charge is -2.30. The van der Waals surface area contributed by atoms with E-state index in [0.29, 0.717) is 18.8 Å². The third kappa shape index (κ3) is 8.39. The van der Waals surface area contributed by atoms with Gasteiger partial charge in [0.15, 0.2) is 5.96 Å². The summed E-state index contributed by atoms with van der Waals surface area (Å²) >= 11 is 0. The Kier molecular flexibility index (Phi) is 9.04. The van der Waals surface area contributed by atoms with Crippen LogP contribution in [-0.4, -0.2) is 61.5 Å². The van der Waals surface area contributed by atoms with Gasteiger partial charge >= 0.3 is 0 Å². The Bertz CT molecular complexity index is 610. The molecule has 7 nitrogen and oxygen atoms in total. The fourth-order valence-electron chi connectivity index (χ4n) is 3.13. The number of anilines is 1. The number of nitrogens with zero attached hydrogens (tertiary/aromatic N) is 3. The van der Waals surface area contributed by atoms with Crippen LogP contribution < -0.4 is 16.0 Å². The number of aliphatic imine (C=N–C) groups is 1. The fraction of sp³-hybridized carbons (Fsp3) is 0.650. The number of hydrogen-bond donors (Lipinski definition) is 3. The van der Waals surface area contributed by atoms with Gasteiger partial charge in [-0.05, 0) is 63.9 Å². The van der Waals surface area contributed by atoms with Crippen molar-refractivity contribution in [2.24, 2.45) is 10.9 Å². The normalized spacial score (nSPS) is 16.2. The molecule has 1 aromatic rings. The van der Waals surface area contributed by atoms with E-state index < -0.39 is 0 Å². The number of hydrogen-bond acceptors (Lipinski definition) is 4. The summed E-state index contributed by atoms with van der Waals surface area (Å²) in [5.41, 5.74) is 0.884. The highest BCUT2D eigenvalue weighted by Crippen LogP contribution is 2.15. The second kappa shape index (κ2) is 11.5. The van der Waals surface area contributed by atoms with Crippen LogP contribution in [0.2, 0.25) is 0 Å². The van der Waals surface area contributed by atoms with Crippen LogP contribution in [0.4, 0.5) is 5.82 Å². The minimum absolute atomic E-state index is 0.0598. The number of carbonyl (C=O) groups excluding carboxylic acids is 1. The molecule has 27 heavy (non-hydrogen) atoms. The standard InChI is InChI=1S/C20H34N6O/c1-16-9-14-26(15-10-16)13-5-11-22-20(21-3)23-12-8-19(27)25-18-7-4-6-17(2)24-18/h4,6-7,16H,5,8-15H2,1-3H3,(H2,21,22,23)(H,24,25,27). The van der Waals surface area contributed by atoms with Gasteiger partial charge in [-0.2, -0.15) is 0 Å². The van der Waals surface area contributed by atoms with Crippen LogP contribution in [-0.2, 0) is 4.79 Å². The van der Waals surface area contributed by atoms with E-state index in [4.69, 9.17) is 0 Å². The van der Waals surface area contributed by atoms with Crippen molar-refractivity contribution < 1.29 is 4.79 Å². The minimum Gasteiger partial charge on any atom is -0.356 e. The first kappa shape index (κ1) is 21.2. The van der Waals surface area contributed by atoms with Crippen molar-refractivity contribution >= 4 is 17.7 Å². The Morgan fingerprint density at radius 1 is 1.26 bits per heavy atom. The SMILES string of the molecule is CN=C(NCCCN1CCC(C)CC1)NCCC(=O)Nc1cccc(C)n1. The summed E-state index contributed by atoms with van der Waals surface area (Å²) < 4.78 is 0. The van der Waals surface area contributed by atoms with Gasteiger partial charge in [0.25, 0.3) is 0 Å². The molecule has 1 fully saturated rings. The molecule has 7 heteroatoms. The third-order valence-electron chi connectivity index (χ3n) is 4.84. The van der Waals surface area contributed by atoms with E-state index in [2.05, 4.69) is 37.8 Å². The predicted molar refractivity (Wildman–Crippen MR) is 111 cm³/mol. The summed E-state index contributed by atoms with van der Waals surface area (Å²) in [6, 6.07) is 5.58. The third-order valence-corrected chi connectivity index (χ3v) is 4.84. The quantitative estimate of drug-likeness (QED) is 0.368. The maximum atomic E-state index is 12.0. The van der Waals surface area contributed by atoms with E-state index in [-0.39, 0.29) is 5.91 Å². The van der Waals surface area contributed by atoms with Crippen molar-refractivity contribution in [3.63, 3.8) is 0 Å². The van der Waals surface area contributed by atoms with Crippen LogP contribution in [0.15, 0.2) is 23.2 Å². The van der Waals surface area contributed by atoms with Crippen LogP contribution in [0.3, 0.4) is 0 Å². The average molecular weight is 375 g/mol. The van der Waals surface area contributed by atoms with E-state index in [1.165, 1.54) is 25.9 Å². The zero-order chi connectivity index (χ0) is 19.5. The summed E-state index contributed by atoms with van der Waals surface area (Å²) in [5.74, 6) is 2.15. The van der Waals surface area contributed by atoms with Crippen molar-refractivity contribution in [3.8, 4) is 0 Å². The molecule has 1 amide bonds. The van der Waals surface area contributed by atoms with E-state index in [9.17, 15) is 4.79 Å². The largest absolute Gasteiger partial charge is 0.356 e. The number of carbonyl (C=O) groups is 1. The molecule has 0 saturated carbocycles. The molecule has 2 rings (SSSR count). The Morgan fingerprint density at radius 3 is 2.70 bits per heavy atom. The zero-order valence-electron chi connectivity index (χ0n) is 16.9. The highest BCUT2D eigenvalue weighted by atomic mass is 16.1. The highest BCUT2D eigenvalue weighted by molar-refractivity contribution is 5.90. The number of amides is 1. The van der Waals surface area contributed by atoms with Crippen molar-refractivity contribution in [2.45, 2.75) is 39.5 Å². The van der Waals surface area contributed by atoms with Gasteiger partial charge in [0.05, 0.1) is 0 Å². The molecular weight excluding hydrogens is 340 g/mol. The van der Waals surface area contributed by atoms with Gasteiger partial charge < -0.3 is 20.9 Å². The summed E-state index contributed by atoms with van der Waals surface area (Å²) in [6.07, 6.45) is 4.09. The van der Waals surface area contributed by atoms with Crippen molar-refractivity contribution in [1.82, 2.24) is 20.5 Å². The lowest BCUT2D eigenvalue weighted by molar-refractivity contribution is -0.116. The molecule has 0 radical (unpaired) electrons. The monoisotopic (exact) mass is 374 g/mol. The lowest BCUT2D eigenvalue weighted by Crippen LogP contribution is -2.40. The Morgan fingerprint density at radius 2 is 2.00 bits per heavy atom. The number of rotatable bonds is 8. The molecule has 0 bridgehead atoms. The first-order valence-electron chi connectivity index (χ1n) is 9.97. The zero-order valence-corrected chi connectivity index (χ0v) is 16.9. The Hall–Kier alpha value is -2.15. The van der Waals surface area contributed by atoms with E-state index in [1.807, 2.05) is 19.1 Å². The predicted octanol–water partition coefficient (Wildman–Crippen LogP) is 2.01. The van der Waals surface area contributed by atoms with Gasteiger partial charge in [-0.3, -0.25) is 9.79 Å². The summed E-state index contributed by atoms with van der Waals surface area (Å²) in [5, 5.41) is 9.31. The lowest BCUT2D eigenvalue weighted by atomic mass is 9.99. The smallest absolute Gasteiger partial charge is 0.227 e. The van der Waals surface area contributed by atoms with Crippen LogP contribution in [0, 0.1) is 12.8 Å². The summed E-state index contributed by atoms with van der Waals surface area (Å²) in [6.45, 7) is 9.22. The molecule has 0 aromatic carbocycles. The topological polar surface area (TPSA) is 81.7 Å². The molecule has 0 spiro atoms. The number of nitrogens with one attached hydrogen (secondary N) is 3. The van der Waals surface area contributed by atoms with Crippen molar-refractivity contribution in [1.29, 1.82) is 0 Å². The van der Waals surface area contributed by atoms with Gasteiger partial charge in [0.1, 0.15) is 5.82 Å². The van der Waals surface area contributed by atoms with Gasteiger partial charge in [0, 0.05) is 32.3 Å². The van der Waals surface area contributed by atoms with Crippen LogP contribution in [0.5, 0.6) is 0 Å². The first-order chi connectivity index (χ1) is 13.1. The van der Waals surface area contributed by atoms with Gasteiger partial charge in [0.2, 0.25) is 5.91 Å².